The third-order valence-electron chi connectivity index (χ3n) is 4.76. The maximum atomic E-state index is 13.2. The maximum Gasteiger partial charge on any atom is 0.335 e. The van der Waals surface area contributed by atoms with Crippen LogP contribution < -0.4 is 0 Å². The molecule has 8 heteroatoms. The monoisotopic (exact) mass is 383 g/mol. The lowest BCUT2D eigenvalue weighted by molar-refractivity contribution is -0.146. The van der Waals surface area contributed by atoms with E-state index in [-0.39, 0.29) is 34.4 Å². The number of rotatable bonds is 6. The van der Waals surface area contributed by atoms with E-state index in [9.17, 15) is 18.0 Å². The summed E-state index contributed by atoms with van der Waals surface area (Å²) in [6.45, 7) is 3.59. The van der Waals surface area contributed by atoms with Crippen LogP contribution in [0.15, 0.2) is 29.2 Å². The molecular formula is C18H25NO6S. The Bertz CT molecular complexity index is 766. The van der Waals surface area contributed by atoms with Crippen molar-refractivity contribution in [3.05, 3.63) is 29.8 Å². The van der Waals surface area contributed by atoms with Gasteiger partial charge in [-0.05, 0) is 57.7 Å². The largest absolute Gasteiger partial charge is 0.478 e. The van der Waals surface area contributed by atoms with Crippen molar-refractivity contribution in [1.29, 1.82) is 0 Å². The zero-order chi connectivity index (χ0) is 19.5. The zero-order valence-electron chi connectivity index (χ0n) is 15.2. The number of carboxylic acid groups (broad SMARTS) is 1. The van der Waals surface area contributed by atoms with Crippen molar-refractivity contribution in [1.82, 2.24) is 4.31 Å². The van der Waals surface area contributed by atoms with Gasteiger partial charge in [-0.25, -0.2) is 13.2 Å². The van der Waals surface area contributed by atoms with Gasteiger partial charge in [0.25, 0.3) is 0 Å². The molecule has 0 bridgehead atoms. The number of ether oxygens (including phenoxy) is 1. The molecule has 0 amide bonds. The SMILES string of the molecule is COC(=O)[C@H]1CC[C@H](N(C(C)C)S(=O)(=O)c2cccc(C(=O)O)c2)CC1. The normalized spacial score (nSPS) is 21.0. The van der Waals surface area contributed by atoms with Crippen LogP contribution in [0, 0.1) is 5.92 Å². The Morgan fingerprint density at radius 2 is 1.81 bits per heavy atom. The first-order valence-electron chi connectivity index (χ1n) is 8.63. The molecule has 1 aromatic carbocycles. The average molecular weight is 383 g/mol. The summed E-state index contributed by atoms with van der Waals surface area (Å²) in [6.07, 6.45) is 2.28. The summed E-state index contributed by atoms with van der Waals surface area (Å²) >= 11 is 0. The fourth-order valence-electron chi connectivity index (χ4n) is 3.54. The van der Waals surface area contributed by atoms with E-state index in [1.54, 1.807) is 13.8 Å². The Morgan fingerprint density at radius 3 is 2.31 bits per heavy atom. The average Bonchev–Trinajstić information content (AvgIpc) is 2.61. The van der Waals surface area contributed by atoms with E-state index < -0.39 is 16.0 Å². The predicted molar refractivity (Wildman–Crippen MR) is 95.3 cm³/mol. The van der Waals surface area contributed by atoms with E-state index in [0.29, 0.717) is 25.7 Å². The molecule has 0 aromatic heterocycles. The van der Waals surface area contributed by atoms with Gasteiger partial charge >= 0.3 is 11.9 Å². The Balaban J connectivity index is 2.28. The van der Waals surface area contributed by atoms with Crippen molar-refractivity contribution in [2.75, 3.05) is 7.11 Å². The van der Waals surface area contributed by atoms with Gasteiger partial charge in [0.15, 0.2) is 0 Å². The minimum atomic E-state index is -3.85. The van der Waals surface area contributed by atoms with Crippen LogP contribution in [0.1, 0.15) is 49.9 Å². The van der Waals surface area contributed by atoms with Crippen molar-refractivity contribution >= 4 is 22.0 Å². The van der Waals surface area contributed by atoms with Gasteiger partial charge < -0.3 is 9.84 Å². The van der Waals surface area contributed by atoms with Crippen molar-refractivity contribution in [2.45, 2.75) is 56.5 Å². The summed E-state index contributed by atoms with van der Waals surface area (Å²) in [5.41, 5.74) is -0.0656. The number of carboxylic acids is 1. The number of benzene rings is 1. The Labute approximate surface area is 154 Å². The van der Waals surface area contributed by atoms with E-state index in [2.05, 4.69) is 0 Å². The van der Waals surface area contributed by atoms with E-state index in [1.165, 1.54) is 35.7 Å². The molecule has 2 rings (SSSR count). The highest BCUT2D eigenvalue weighted by Gasteiger charge is 2.37. The highest BCUT2D eigenvalue weighted by atomic mass is 32.2. The van der Waals surface area contributed by atoms with Crippen LogP contribution in [-0.4, -0.2) is 49.0 Å². The number of carbonyl (C=O) groups is 2. The number of esters is 1. The lowest BCUT2D eigenvalue weighted by atomic mass is 9.86. The van der Waals surface area contributed by atoms with Gasteiger partial charge in [0.1, 0.15) is 0 Å². The molecule has 7 nitrogen and oxygen atoms in total. The number of carbonyl (C=O) groups excluding carboxylic acids is 1. The first-order valence-corrected chi connectivity index (χ1v) is 10.1. The first-order chi connectivity index (χ1) is 12.2. The molecule has 0 radical (unpaired) electrons. The van der Waals surface area contributed by atoms with Gasteiger partial charge in [-0.1, -0.05) is 6.07 Å². The number of sulfonamides is 1. The molecule has 0 unspecified atom stereocenters. The summed E-state index contributed by atoms with van der Waals surface area (Å²) in [5, 5.41) is 9.12. The molecule has 1 saturated carbocycles. The standard InChI is InChI=1S/C18H25NO6S/c1-12(2)19(15-9-7-13(8-10-15)18(22)25-3)26(23,24)16-6-4-5-14(11-16)17(20)21/h4-6,11-13,15H,7-10H2,1-3H3,(H,20,21)/t13-,15-. The van der Waals surface area contributed by atoms with Gasteiger partial charge in [-0.15, -0.1) is 0 Å². The molecule has 144 valence electrons. The second-order valence-corrected chi connectivity index (χ2v) is 8.63. The minimum Gasteiger partial charge on any atom is -0.478 e. The van der Waals surface area contributed by atoms with Crippen molar-refractivity contribution < 1.29 is 27.9 Å². The summed E-state index contributed by atoms with van der Waals surface area (Å²) in [4.78, 5) is 22.8. The van der Waals surface area contributed by atoms with Gasteiger partial charge in [-0.3, -0.25) is 4.79 Å². The molecule has 0 saturated heterocycles. The summed E-state index contributed by atoms with van der Waals surface area (Å²) in [6, 6.07) is 4.89. The number of methoxy groups -OCH3 is 1. The summed E-state index contributed by atoms with van der Waals surface area (Å²) < 4.78 is 32.5. The molecule has 1 N–H and O–H groups in total. The van der Waals surface area contributed by atoms with E-state index >= 15 is 0 Å². The topological polar surface area (TPSA) is 101 Å². The fraction of sp³-hybridized carbons (Fsp3) is 0.556. The van der Waals surface area contributed by atoms with Gasteiger partial charge in [0.05, 0.1) is 23.5 Å². The lowest BCUT2D eigenvalue weighted by Crippen LogP contribution is -2.46. The molecule has 1 fully saturated rings. The fourth-order valence-corrected chi connectivity index (χ4v) is 5.47. The molecule has 0 spiro atoms. The summed E-state index contributed by atoms with van der Waals surface area (Å²) in [5.74, 6) is -1.61. The molecule has 1 aromatic rings. The van der Waals surface area contributed by atoms with Crippen LogP contribution >= 0.6 is 0 Å². The minimum absolute atomic E-state index is 0.0267. The van der Waals surface area contributed by atoms with Crippen LogP contribution in [0.3, 0.4) is 0 Å². The Hall–Kier alpha value is -1.93. The third kappa shape index (κ3) is 4.24. The summed E-state index contributed by atoms with van der Waals surface area (Å²) in [7, 11) is -2.49. The molecule has 0 aliphatic heterocycles. The van der Waals surface area contributed by atoms with Crippen molar-refractivity contribution in [3.8, 4) is 0 Å². The highest BCUT2D eigenvalue weighted by molar-refractivity contribution is 7.89. The van der Waals surface area contributed by atoms with Crippen LogP contribution in [0.25, 0.3) is 0 Å². The molecule has 1 aliphatic carbocycles. The quantitative estimate of drug-likeness (QED) is 0.758. The van der Waals surface area contributed by atoms with Gasteiger partial charge in [-0.2, -0.15) is 4.31 Å². The molecular weight excluding hydrogens is 358 g/mol. The van der Waals surface area contributed by atoms with E-state index in [1.807, 2.05) is 0 Å². The van der Waals surface area contributed by atoms with Crippen molar-refractivity contribution in [2.24, 2.45) is 5.92 Å². The van der Waals surface area contributed by atoms with Crippen LogP contribution in [-0.2, 0) is 19.6 Å². The van der Waals surface area contributed by atoms with Crippen LogP contribution in [0.4, 0.5) is 0 Å². The molecule has 26 heavy (non-hydrogen) atoms. The first kappa shape index (κ1) is 20.4. The second-order valence-electron chi connectivity index (χ2n) is 6.79. The molecule has 0 atom stereocenters. The third-order valence-corrected chi connectivity index (χ3v) is 6.88. The lowest BCUT2D eigenvalue weighted by Gasteiger charge is -2.37. The Morgan fingerprint density at radius 1 is 1.19 bits per heavy atom. The number of hydrogen-bond donors (Lipinski definition) is 1. The second kappa shape index (κ2) is 8.18. The zero-order valence-corrected chi connectivity index (χ0v) is 16.0. The molecule has 1 aliphatic rings. The van der Waals surface area contributed by atoms with Crippen molar-refractivity contribution in [3.63, 3.8) is 0 Å². The Kier molecular flexibility index (Phi) is 6.41. The number of nitrogens with zero attached hydrogens (tertiary/aromatic N) is 1. The van der Waals surface area contributed by atoms with Gasteiger partial charge in [0.2, 0.25) is 10.0 Å². The van der Waals surface area contributed by atoms with E-state index in [4.69, 9.17) is 9.84 Å². The van der Waals surface area contributed by atoms with Crippen LogP contribution in [0.2, 0.25) is 0 Å². The van der Waals surface area contributed by atoms with E-state index in [0.717, 1.165) is 0 Å². The maximum absolute atomic E-state index is 13.2. The smallest absolute Gasteiger partial charge is 0.335 e. The molecule has 0 heterocycles. The predicted octanol–water partition coefficient (Wildman–Crippen LogP) is 2.52. The highest BCUT2D eigenvalue weighted by Crippen LogP contribution is 2.33. The number of hydrogen-bond acceptors (Lipinski definition) is 5. The van der Waals surface area contributed by atoms with Gasteiger partial charge in [0, 0.05) is 12.1 Å². The number of aromatic carboxylic acids is 1. The van der Waals surface area contributed by atoms with Crippen LogP contribution in [0.5, 0.6) is 0 Å².